The van der Waals surface area contributed by atoms with E-state index >= 15 is 0 Å². The highest BCUT2D eigenvalue weighted by Gasteiger charge is 2.49. The van der Waals surface area contributed by atoms with Crippen molar-refractivity contribution >= 4 is 53.9 Å². The van der Waals surface area contributed by atoms with Crippen LogP contribution in [0.1, 0.15) is 11.1 Å². The summed E-state index contributed by atoms with van der Waals surface area (Å²) in [5, 5.41) is 3.32. The van der Waals surface area contributed by atoms with Gasteiger partial charge in [-0.15, -0.1) is 0 Å². The molecule has 42 heavy (non-hydrogen) atoms. The topological polar surface area (TPSA) is 61.4 Å². The van der Waals surface area contributed by atoms with Crippen LogP contribution in [0.2, 0.25) is 0 Å². The van der Waals surface area contributed by atoms with Gasteiger partial charge in [0, 0.05) is 38.9 Å². The number of benzene rings is 5. The normalized spacial score (nSPS) is 12.2. The molecular weight excluding hydrogens is 563 g/mol. The Morgan fingerprint density at radius 2 is 1.36 bits per heavy atom. The average molecular weight is 582 g/mol. The van der Waals surface area contributed by atoms with E-state index in [1.807, 2.05) is 89.5 Å². The van der Waals surface area contributed by atoms with E-state index in [-0.39, 0.29) is 5.56 Å². The molecule has 0 aliphatic carbocycles. The lowest BCUT2D eigenvalue weighted by atomic mass is 10.1. The van der Waals surface area contributed by atoms with Crippen LogP contribution in [0, 0.1) is 11.8 Å². The largest absolute Gasteiger partial charge is 0.534 e. The van der Waals surface area contributed by atoms with Crippen LogP contribution < -0.4 is 4.18 Å². The van der Waals surface area contributed by atoms with Crippen LogP contribution in [0.15, 0.2) is 114 Å². The number of hydrogen-bond acceptors (Lipinski definition) is 4. The summed E-state index contributed by atoms with van der Waals surface area (Å²) < 4.78 is 76.9. The Morgan fingerprint density at radius 3 is 2.14 bits per heavy atom. The minimum Gasteiger partial charge on any atom is -0.456 e. The third-order valence-electron chi connectivity index (χ3n) is 6.99. The van der Waals surface area contributed by atoms with Crippen LogP contribution in [0.3, 0.4) is 0 Å². The lowest BCUT2D eigenvalue weighted by molar-refractivity contribution is -0.0500. The summed E-state index contributed by atoms with van der Waals surface area (Å²) in [6, 6.07) is 32.4. The second-order valence-corrected chi connectivity index (χ2v) is 11.1. The number of para-hydroxylation sites is 3. The van der Waals surface area contributed by atoms with Gasteiger partial charge in [0.25, 0.3) is 0 Å². The SMILES string of the molecule is O=S(=O)(Oc1cc2c(cc1C#Cc1ccc3c(c1)oc1ccccc13)c1ccccc1n2-c1ccccc1)C(F)(F)F. The lowest BCUT2D eigenvalue weighted by Crippen LogP contribution is -2.28. The molecule has 0 unspecified atom stereocenters. The molecule has 0 bridgehead atoms. The van der Waals surface area contributed by atoms with E-state index in [0.29, 0.717) is 27.6 Å². The van der Waals surface area contributed by atoms with Crippen LogP contribution in [-0.2, 0) is 10.1 Å². The zero-order chi connectivity index (χ0) is 29.1. The summed E-state index contributed by atoms with van der Waals surface area (Å²) in [5.74, 6) is 5.26. The van der Waals surface area contributed by atoms with Crippen molar-refractivity contribution in [1.82, 2.24) is 4.57 Å². The van der Waals surface area contributed by atoms with Crippen molar-refractivity contribution in [1.29, 1.82) is 0 Å². The molecule has 206 valence electrons. The first-order valence-corrected chi connectivity index (χ1v) is 14.2. The first-order valence-electron chi connectivity index (χ1n) is 12.8. The van der Waals surface area contributed by atoms with E-state index in [1.165, 1.54) is 6.07 Å². The number of halogens is 3. The molecule has 0 radical (unpaired) electrons. The maximum absolute atomic E-state index is 13.4. The van der Waals surface area contributed by atoms with Crippen molar-refractivity contribution in [3.63, 3.8) is 0 Å². The van der Waals surface area contributed by atoms with Crippen LogP contribution in [-0.4, -0.2) is 18.5 Å². The Morgan fingerprint density at radius 1 is 0.667 bits per heavy atom. The third-order valence-corrected chi connectivity index (χ3v) is 7.96. The molecule has 0 amide bonds. The molecule has 7 aromatic rings. The summed E-state index contributed by atoms with van der Waals surface area (Å²) >= 11 is 0. The van der Waals surface area contributed by atoms with Gasteiger partial charge in [-0.1, -0.05) is 66.4 Å². The molecule has 0 fully saturated rings. The monoisotopic (exact) mass is 581 g/mol. The smallest absolute Gasteiger partial charge is 0.456 e. The summed E-state index contributed by atoms with van der Waals surface area (Å²) in [6.45, 7) is 0. The summed E-state index contributed by atoms with van der Waals surface area (Å²) in [6.07, 6.45) is 0. The lowest BCUT2D eigenvalue weighted by Gasteiger charge is -2.12. The molecule has 9 heteroatoms. The number of fused-ring (bicyclic) bond motifs is 6. The molecule has 0 saturated carbocycles. The van der Waals surface area contributed by atoms with Gasteiger partial charge < -0.3 is 13.2 Å². The van der Waals surface area contributed by atoms with Gasteiger partial charge in [-0.3, -0.25) is 0 Å². The molecule has 5 nitrogen and oxygen atoms in total. The highest BCUT2D eigenvalue weighted by molar-refractivity contribution is 7.88. The Balaban J connectivity index is 1.45. The molecule has 7 rings (SSSR count). The van der Waals surface area contributed by atoms with E-state index in [9.17, 15) is 21.6 Å². The van der Waals surface area contributed by atoms with E-state index in [1.54, 1.807) is 18.2 Å². The first-order chi connectivity index (χ1) is 20.2. The van der Waals surface area contributed by atoms with Gasteiger partial charge in [-0.05, 0) is 48.5 Å². The molecule has 0 N–H and O–H groups in total. The van der Waals surface area contributed by atoms with Crippen molar-refractivity contribution in [2.45, 2.75) is 5.51 Å². The third kappa shape index (κ3) is 4.24. The Kier molecular flexibility index (Phi) is 5.78. The predicted molar refractivity (Wildman–Crippen MR) is 156 cm³/mol. The molecule has 2 heterocycles. The second-order valence-electron chi connectivity index (χ2n) is 9.60. The van der Waals surface area contributed by atoms with Gasteiger partial charge in [0.1, 0.15) is 11.2 Å². The van der Waals surface area contributed by atoms with Gasteiger partial charge in [-0.25, -0.2) is 0 Å². The molecular formula is C33H18F3NO4S. The number of aromatic nitrogens is 1. The molecule has 5 aromatic carbocycles. The number of rotatable bonds is 3. The van der Waals surface area contributed by atoms with E-state index in [0.717, 1.165) is 27.4 Å². The molecule has 0 aliphatic rings. The second kappa shape index (κ2) is 9.43. The number of furan rings is 1. The highest BCUT2D eigenvalue weighted by atomic mass is 32.2. The van der Waals surface area contributed by atoms with Crippen molar-refractivity contribution in [2.75, 3.05) is 0 Å². The van der Waals surface area contributed by atoms with Crippen molar-refractivity contribution in [3.8, 4) is 23.3 Å². The van der Waals surface area contributed by atoms with Crippen LogP contribution in [0.5, 0.6) is 5.75 Å². The van der Waals surface area contributed by atoms with Gasteiger partial charge in [0.15, 0.2) is 5.75 Å². The summed E-state index contributed by atoms with van der Waals surface area (Å²) in [7, 11) is -5.97. The van der Waals surface area contributed by atoms with Crippen molar-refractivity contribution < 1.29 is 30.2 Å². The minimum absolute atomic E-state index is 0.0176. The maximum atomic E-state index is 13.4. The van der Waals surface area contributed by atoms with Gasteiger partial charge >= 0.3 is 15.6 Å². The molecule has 2 aromatic heterocycles. The van der Waals surface area contributed by atoms with Gasteiger partial charge in [-0.2, -0.15) is 21.6 Å². The van der Waals surface area contributed by atoms with Gasteiger partial charge in [0.2, 0.25) is 0 Å². The average Bonchev–Trinajstić information content (AvgIpc) is 3.50. The van der Waals surface area contributed by atoms with E-state index in [2.05, 4.69) is 11.8 Å². The van der Waals surface area contributed by atoms with Crippen molar-refractivity contribution in [3.05, 3.63) is 120 Å². The Labute approximate surface area is 237 Å². The van der Waals surface area contributed by atoms with Crippen LogP contribution in [0.25, 0.3) is 49.4 Å². The number of nitrogens with zero attached hydrogens (tertiary/aromatic N) is 1. The fraction of sp³-hybridized carbons (Fsp3) is 0.0303. The minimum atomic E-state index is -5.97. The standard InChI is InChI=1S/C33H18F3NO4S/c34-33(35,36)42(38,39)41-31-20-29-27(24-10-4-6-12-28(24)37(29)23-8-2-1-3-9-23)19-22(31)16-14-21-15-17-26-25-11-5-7-13-30(25)40-32(26)18-21/h1-13,15,17-20H. The zero-order valence-corrected chi connectivity index (χ0v) is 22.3. The van der Waals surface area contributed by atoms with E-state index in [4.69, 9.17) is 8.60 Å². The first kappa shape index (κ1) is 25.7. The summed E-state index contributed by atoms with van der Waals surface area (Å²) in [5.41, 5.74) is -1.81. The van der Waals surface area contributed by atoms with Crippen molar-refractivity contribution in [2.24, 2.45) is 0 Å². The molecule has 0 saturated heterocycles. The molecule has 0 aliphatic heterocycles. The number of alkyl halides is 3. The van der Waals surface area contributed by atoms with Crippen LogP contribution in [0.4, 0.5) is 13.2 Å². The fourth-order valence-corrected chi connectivity index (χ4v) is 5.60. The highest BCUT2D eigenvalue weighted by Crippen LogP contribution is 2.38. The molecule has 0 atom stereocenters. The van der Waals surface area contributed by atoms with Crippen LogP contribution >= 0.6 is 0 Å². The predicted octanol–water partition coefficient (Wildman–Crippen LogP) is 8.31. The maximum Gasteiger partial charge on any atom is 0.534 e. The Hall–Kier alpha value is -5.20. The molecule has 0 spiro atoms. The zero-order valence-electron chi connectivity index (χ0n) is 21.5. The van der Waals surface area contributed by atoms with E-state index < -0.39 is 21.4 Å². The number of hydrogen-bond donors (Lipinski definition) is 0. The quantitative estimate of drug-likeness (QED) is 0.120. The fourth-order valence-electron chi connectivity index (χ4n) is 5.13. The summed E-state index contributed by atoms with van der Waals surface area (Å²) in [4.78, 5) is 0. The van der Waals surface area contributed by atoms with Gasteiger partial charge in [0.05, 0.1) is 16.6 Å². The Bertz CT molecular complexity index is 2340.